The number of carbonyl (C=O) groups excluding carboxylic acids is 3. The summed E-state index contributed by atoms with van der Waals surface area (Å²) < 4.78 is 15.9. The van der Waals surface area contributed by atoms with Crippen LogP contribution in [0.1, 0.15) is 6.42 Å². The Bertz CT molecular complexity index is 887. The fourth-order valence-corrected chi connectivity index (χ4v) is 2.65. The molecule has 29 heavy (non-hydrogen) atoms. The summed E-state index contributed by atoms with van der Waals surface area (Å²) in [4.78, 5) is 35.7. The van der Waals surface area contributed by atoms with Gasteiger partial charge in [0.1, 0.15) is 18.1 Å². The molecule has 0 spiro atoms. The molecule has 0 saturated heterocycles. The Kier molecular flexibility index (Phi) is 6.91. The molecule has 1 heterocycles. The van der Waals surface area contributed by atoms with Gasteiger partial charge in [0.05, 0.1) is 18.7 Å². The number of benzene rings is 2. The first-order valence-electron chi connectivity index (χ1n) is 8.88. The number of halogens is 1. The molecule has 0 bridgehead atoms. The maximum absolute atomic E-state index is 12.0. The zero-order valence-electron chi connectivity index (χ0n) is 15.4. The SMILES string of the molecule is O=C(COC(=O)C[C@H]1Oc2ccccc2NC1=O)NCCOc1ccc(Cl)cc1. The number of esters is 1. The Hall–Kier alpha value is -3.26. The largest absolute Gasteiger partial charge is 0.492 e. The third kappa shape index (κ3) is 6.11. The smallest absolute Gasteiger partial charge is 0.310 e. The third-order valence-electron chi connectivity index (χ3n) is 3.93. The minimum Gasteiger partial charge on any atom is -0.492 e. The van der Waals surface area contributed by atoms with Gasteiger partial charge in [-0.3, -0.25) is 14.4 Å². The van der Waals surface area contributed by atoms with Gasteiger partial charge in [-0.1, -0.05) is 23.7 Å². The van der Waals surface area contributed by atoms with E-state index in [9.17, 15) is 14.4 Å². The summed E-state index contributed by atoms with van der Waals surface area (Å²) in [5.41, 5.74) is 0.544. The van der Waals surface area contributed by atoms with Crippen molar-refractivity contribution in [3.05, 3.63) is 53.6 Å². The van der Waals surface area contributed by atoms with Crippen LogP contribution in [-0.2, 0) is 19.1 Å². The predicted octanol–water partition coefficient (Wildman–Crippen LogP) is 2.17. The standard InChI is InChI=1S/C20H19ClN2O6/c21-13-5-7-14(8-6-13)27-10-9-22-18(24)12-28-19(25)11-17-20(26)23-15-3-1-2-4-16(15)29-17/h1-8,17H,9-12H2,(H,22,24)(H,23,26)/t17-/m1/s1. The van der Waals surface area contributed by atoms with E-state index >= 15 is 0 Å². The van der Waals surface area contributed by atoms with Crippen LogP contribution in [-0.4, -0.2) is 43.6 Å². The summed E-state index contributed by atoms with van der Waals surface area (Å²) in [7, 11) is 0. The van der Waals surface area contributed by atoms with Crippen molar-refractivity contribution >= 4 is 35.1 Å². The van der Waals surface area contributed by atoms with Gasteiger partial charge in [0.25, 0.3) is 11.8 Å². The number of para-hydroxylation sites is 2. The lowest BCUT2D eigenvalue weighted by atomic mass is 10.1. The van der Waals surface area contributed by atoms with Gasteiger partial charge >= 0.3 is 5.97 Å². The van der Waals surface area contributed by atoms with E-state index in [-0.39, 0.29) is 19.6 Å². The number of amides is 2. The molecule has 0 fully saturated rings. The van der Waals surface area contributed by atoms with Gasteiger partial charge in [0.2, 0.25) is 0 Å². The summed E-state index contributed by atoms with van der Waals surface area (Å²) in [6, 6.07) is 13.7. The van der Waals surface area contributed by atoms with E-state index in [1.165, 1.54) is 0 Å². The Morgan fingerprint density at radius 3 is 2.69 bits per heavy atom. The molecule has 1 aliphatic rings. The second-order valence-corrected chi connectivity index (χ2v) is 6.55. The molecule has 1 atom stereocenters. The molecular formula is C20H19ClN2O6. The number of hydrogen-bond donors (Lipinski definition) is 2. The predicted molar refractivity (Wildman–Crippen MR) is 105 cm³/mol. The minimum atomic E-state index is -1.01. The number of carbonyl (C=O) groups is 3. The lowest BCUT2D eigenvalue weighted by Gasteiger charge is -2.25. The lowest BCUT2D eigenvalue weighted by Crippen LogP contribution is -2.39. The van der Waals surface area contributed by atoms with E-state index < -0.39 is 30.5 Å². The normalized spacial score (nSPS) is 14.8. The Balaban J connectivity index is 1.33. The molecule has 0 aliphatic carbocycles. The van der Waals surface area contributed by atoms with Gasteiger partial charge in [-0.05, 0) is 36.4 Å². The topological polar surface area (TPSA) is 103 Å². The van der Waals surface area contributed by atoms with Crippen LogP contribution in [0.5, 0.6) is 11.5 Å². The van der Waals surface area contributed by atoms with E-state index in [0.29, 0.717) is 22.2 Å². The van der Waals surface area contributed by atoms with Crippen LogP contribution < -0.4 is 20.1 Å². The Labute approximate surface area is 172 Å². The highest BCUT2D eigenvalue weighted by molar-refractivity contribution is 6.30. The monoisotopic (exact) mass is 418 g/mol. The van der Waals surface area contributed by atoms with Crippen LogP contribution in [0.25, 0.3) is 0 Å². The van der Waals surface area contributed by atoms with Crippen molar-refractivity contribution in [1.29, 1.82) is 0 Å². The van der Waals surface area contributed by atoms with Crippen molar-refractivity contribution < 1.29 is 28.6 Å². The van der Waals surface area contributed by atoms with Crippen molar-refractivity contribution in [3.8, 4) is 11.5 Å². The van der Waals surface area contributed by atoms with Gasteiger partial charge in [-0.15, -0.1) is 0 Å². The summed E-state index contributed by atoms with van der Waals surface area (Å²) in [5, 5.41) is 5.83. The number of nitrogens with one attached hydrogen (secondary N) is 2. The molecule has 0 radical (unpaired) electrons. The van der Waals surface area contributed by atoms with Crippen LogP contribution in [0.15, 0.2) is 48.5 Å². The maximum atomic E-state index is 12.0. The molecular weight excluding hydrogens is 400 g/mol. The van der Waals surface area contributed by atoms with Crippen molar-refractivity contribution in [1.82, 2.24) is 5.32 Å². The van der Waals surface area contributed by atoms with Crippen molar-refractivity contribution in [3.63, 3.8) is 0 Å². The molecule has 8 nitrogen and oxygen atoms in total. The summed E-state index contributed by atoms with van der Waals surface area (Å²) in [5.74, 6) is -0.523. The first-order chi connectivity index (χ1) is 14.0. The zero-order valence-corrected chi connectivity index (χ0v) is 16.1. The number of rotatable bonds is 8. The molecule has 2 aromatic carbocycles. The van der Waals surface area contributed by atoms with E-state index in [1.54, 1.807) is 48.5 Å². The fourth-order valence-electron chi connectivity index (χ4n) is 2.52. The number of fused-ring (bicyclic) bond motifs is 1. The molecule has 152 valence electrons. The quantitative estimate of drug-likeness (QED) is 0.503. The molecule has 3 rings (SSSR count). The molecule has 9 heteroatoms. The Morgan fingerprint density at radius 2 is 1.90 bits per heavy atom. The van der Waals surface area contributed by atoms with Crippen LogP contribution in [0.2, 0.25) is 5.02 Å². The summed E-state index contributed by atoms with van der Waals surface area (Å²) in [6.07, 6.45) is -1.30. The molecule has 2 amide bonds. The van der Waals surface area contributed by atoms with Gasteiger partial charge in [0.15, 0.2) is 12.7 Å². The van der Waals surface area contributed by atoms with Gasteiger partial charge in [-0.25, -0.2) is 0 Å². The van der Waals surface area contributed by atoms with Crippen molar-refractivity contribution in [2.24, 2.45) is 0 Å². The van der Waals surface area contributed by atoms with Crippen LogP contribution in [0.4, 0.5) is 5.69 Å². The molecule has 2 aromatic rings. The fraction of sp³-hybridized carbons (Fsp3) is 0.250. The summed E-state index contributed by atoms with van der Waals surface area (Å²) in [6.45, 7) is 0.0332. The average Bonchev–Trinajstić information content (AvgIpc) is 2.71. The van der Waals surface area contributed by atoms with Crippen LogP contribution in [0, 0.1) is 0 Å². The van der Waals surface area contributed by atoms with Crippen LogP contribution >= 0.6 is 11.6 Å². The molecule has 0 unspecified atom stereocenters. The summed E-state index contributed by atoms with van der Waals surface area (Å²) >= 11 is 5.78. The van der Waals surface area contributed by atoms with Gasteiger partial charge in [-0.2, -0.15) is 0 Å². The second kappa shape index (κ2) is 9.79. The molecule has 2 N–H and O–H groups in total. The maximum Gasteiger partial charge on any atom is 0.310 e. The third-order valence-corrected chi connectivity index (χ3v) is 4.18. The number of hydrogen-bond acceptors (Lipinski definition) is 6. The highest BCUT2D eigenvalue weighted by Gasteiger charge is 2.30. The Morgan fingerprint density at radius 1 is 1.14 bits per heavy atom. The van der Waals surface area contributed by atoms with E-state index in [4.69, 9.17) is 25.8 Å². The number of ether oxygens (including phenoxy) is 3. The minimum absolute atomic E-state index is 0.240. The highest BCUT2D eigenvalue weighted by atomic mass is 35.5. The average molecular weight is 419 g/mol. The van der Waals surface area contributed by atoms with E-state index in [0.717, 1.165) is 0 Å². The second-order valence-electron chi connectivity index (χ2n) is 6.11. The first-order valence-corrected chi connectivity index (χ1v) is 9.26. The van der Waals surface area contributed by atoms with E-state index in [1.807, 2.05) is 0 Å². The van der Waals surface area contributed by atoms with Gasteiger partial charge < -0.3 is 24.8 Å². The van der Waals surface area contributed by atoms with Crippen molar-refractivity contribution in [2.45, 2.75) is 12.5 Å². The van der Waals surface area contributed by atoms with Crippen LogP contribution in [0.3, 0.4) is 0 Å². The first kappa shape index (κ1) is 20.5. The highest BCUT2D eigenvalue weighted by Crippen LogP contribution is 2.29. The van der Waals surface area contributed by atoms with Gasteiger partial charge in [0, 0.05) is 5.02 Å². The lowest BCUT2D eigenvalue weighted by molar-refractivity contribution is -0.151. The molecule has 0 aromatic heterocycles. The van der Waals surface area contributed by atoms with Crippen molar-refractivity contribution in [2.75, 3.05) is 25.1 Å². The zero-order chi connectivity index (χ0) is 20.6. The van der Waals surface area contributed by atoms with E-state index in [2.05, 4.69) is 10.6 Å². The number of anilines is 1. The molecule has 0 saturated carbocycles. The molecule has 1 aliphatic heterocycles.